The monoisotopic (exact) mass is 440 g/mol. The number of para-hydroxylation sites is 3. The van der Waals surface area contributed by atoms with Gasteiger partial charge in [-0.15, -0.1) is 0 Å². The van der Waals surface area contributed by atoms with Gasteiger partial charge in [-0.2, -0.15) is 0 Å². The zero-order valence-corrected chi connectivity index (χ0v) is 18.3. The van der Waals surface area contributed by atoms with E-state index in [1.807, 2.05) is 85.8 Å². The van der Waals surface area contributed by atoms with E-state index in [1.54, 1.807) is 0 Å². The SMILES string of the molecule is CCOc1ccc(-c2cc(C(=O)NC[C@H]3COc4ccccc4O3)c3ccccc3n2)cc1. The van der Waals surface area contributed by atoms with Gasteiger partial charge in [0.15, 0.2) is 11.5 Å². The maximum Gasteiger partial charge on any atom is 0.252 e. The maximum atomic E-state index is 13.2. The van der Waals surface area contributed by atoms with Crippen molar-refractivity contribution in [3.8, 4) is 28.5 Å². The number of fused-ring (bicyclic) bond motifs is 2. The summed E-state index contributed by atoms with van der Waals surface area (Å²) in [6, 6.07) is 24.8. The third-order valence-corrected chi connectivity index (χ3v) is 5.48. The van der Waals surface area contributed by atoms with Crippen molar-refractivity contribution in [2.45, 2.75) is 13.0 Å². The van der Waals surface area contributed by atoms with Crippen LogP contribution in [-0.2, 0) is 0 Å². The molecule has 1 N–H and O–H groups in total. The third kappa shape index (κ3) is 4.46. The highest BCUT2D eigenvalue weighted by Gasteiger charge is 2.22. The summed E-state index contributed by atoms with van der Waals surface area (Å²) in [7, 11) is 0. The molecule has 1 aliphatic heterocycles. The molecule has 1 amide bonds. The van der Waals surface area contributed by atoms with E-state index < -0.39 is 0 Å². The smallest absolute Gasteiger partial charge is 0.252 e. The minimum absolute atomic E-state index is 0.178. The Hall–Kier alpha value is -4.06. The van der Waals surface area contributed by atoms with Gasteiger partial charge in [-0.1, -0.05) is 30.3 Å². The van der Waals surface area contributed by atoms with Crippen LogP contribution in [0.1, 0.15) is 17.3 Å². The Morgan fingerprint density at radius 1 is 1.03 bits per heavy atom. The van der Waals surface area contributed by atoms with Crippen LogP contribution in [-0.4, -0.2) is 36.8 Å². The van der Waals surface area contributed by atoms with Crippen LogP contribution in [0.25, 0.3) is 22.2 Å². The summed E-state index contributed by atoms with van der Waals surface area (Å²) in [5, 5.41) is 3.81. The van der Waals surface area contributed by atoms with E-state index in [0.29, 0.717) is 31.1 Å². The van der Waals surface area contributed by atoms with Gasteiger partial charge < -0.3 is 19.5 Å². The number of carbonyl (C=O) groups is 1. The van der Waals surface area contributed by atoms with Gasteiger partial charge in [0.1, 0.15) is 18.5 Å². The van der Waals surface area contributed by atoms with E-state index in [-0.39, 0.29) is 12.0 Å². The van der Waals surface area contributed by atoms with E-state index in [2.05, 4.69) is 5.32 Å². The first-order valence-electron chi connectivity index (χ1n) is 11.0. The Morgan fingerprint density at radius 3 is 2.61 bits per heavy atom. The van der Waals surface area contributed by atoms with E-state index >= 15 is 0 Å². The number of rotatable bonds is 6. The number of amides is 1. The average Bonchev–Trinajstić information content (AvgIpc) is 2.87. The van der Waals surface area contributed by atoms with Gasteiger partial charge in [0.05, 0.1) is 29.9 Å². The first-order chi connectivity index (χ1) is 16.2. The molecular formula is C27H24N2O4. The van der Waals surface area contributed by atoms with Gasteiger partial charge in [-0.3, -0.25) is 4.79 Å². The Kier molecular flexibility index (Phi) is 5.81. The molecule has 1 atom stereocenters. The van der Waals surface area contributed by atoms with Crippen LogP contribution in [0.2, 0.25) is 0 Å². The second-order valence-corrected chi connectivity index (χ2v) is 7.74. The molecule has 6 heteroatoms. The summed E-state index contributed by atoms with van der Waals surface area (Å²) in [6.07, 6.45) is -0.262. The van der Waals surface area contributed by atoms with Crippen LogP contribution in [0.4, 0.5) is 0 Å². The molecule has 0 bridgehead atoms. The molecule has 2 heterocycles. The molecule has 5 rings (SSSR count). The highest BCUT2D eigenvalue weighted by atomic mass is 16.6. The van der Waals surface area contributed by atoms with Crippen molar-refractivity contribution in [3.63, 3.8) is 0 Å². The van der Waals surface area contributed by atoms with Crippen molar-refractivity contribution in [1.82, 2.24) is 10.3 Å². The van der Waals surface area contributed by atoms with Gasteiger partial charge in [0.25, 0.3) is 5.91 Å². The molecule has 0 radical (unpaired) electrons. The molecule has 0 unspecified atom stereocenters. The van der Waals surface area contributed by atoms with Crippen LogP contribution in [0, 0.1) is 0 Å². The van der Waals surface area contributed by atoms with E-state index in [4.69, 9.17) is 19.2 Å². The van der Waals surface area contributed by atoms with Crippen molar-refractivity contribution in [2.24, 2.45) is 0 Å². The number of carbonyl (C=O) groups excluding carboxylic acids is 1. The number of hydrogen-bond donors (Lipinski definition) is 1. The van der Waals surface area contributed by atoms with Crippen LogP contribution in [0.5, 0.6) is 17.2 Å². The topological polar surface area (TPSA) is 69.7 Å². The molecule has 0 saturated heterocycles. The predicted molar refractivity (Wildman–Crippen MR) is 127 cm³/mol. The first-order valence-corrected chi connectivity index (χ1v) is 11.0. The van der Waals surface area contributed by atoms with E-state index in [1.165, 1.54) is 0 Å². The van der Waals surface area contributed by atoms with Crippen LogP contribution >= 0.6 is 0 Å². The molecular weight excluding hydrogens is 416 g/mol. The molecule has 1 aromatic heterocycles. The van der Waals surface area contributed by atoms with E-state index in [9.17, 15) is 4.79 Å². The molecule has 33 heavy (non-hydrogen) atoms. The summed E-state index contributed by atoms with van der Waals surface area (Å²) in [5.41, 5.74) is 2.98. The lowest BCUT2D eigenvalue weighted by molar-refractivity contribution is 0.0790. The third-order valence-electron chi connectivity index (χ3n) is 5.48. The number of benzene rings is 3. The molecule has 0 saturated carbocycles. The first kappa shape index (κ1) is 20.8. The van der Waals surface area contributed by atoms with Gasteiger partial charge in [-0.05, 0) is 55.5 Å². The summed E-state index contributed by atoms with van der Waals surface area (Å²) >= 11 is 0. The average molecular weight is 440 g/mol. The minimum Gasteiger partial charge on any atom is -0.494 e. The van der Waals surface area contributed by atoms with Gasteiger partial charge in [-0.25, -0.2) is 4.98 Å². The number of nitrogens with zero attached hydrogens (tertiary/aromatic N) is 1. The quantitative estimate of drug-likeness (QED) is 0.463. The van der Waals surface area contributed by atoms with Gasteiger partial charge >= 0.3 is 0 Å². The molecule has 4 aromatic rings. The Balaban J connectivity index is 1.38. The van der Waals surface area contributed by atoms with Crippen LogP contribution in [0.15, 0.2) is 78.9 Å². The van der Waals surface area contributed by atoms with Crippen molar-refractivity contribution in [2.75, 3.05) is 19.8 Å². The highest BCUT2D eigenvalue weighted by Crippen LogP contribution is 2.31. The van der Waals surface area contributed by atoms with Crippen molar-refractivity contribution in [3.05, 3.63) is 84.4 Å². The Morgan fingerprint density at radius 2 is 1.79 bits per heavy atom. The normalized spacial score (nSPS) is 14.6. The van der Waals surface area contributed by atoms with Crippen LogP contribution < -0.4 is 19.5 Å². The molecule has 166 valence electrons. The second kappa shape index (κ2) is 9.20. The lowest BCUT2D eigenvalue weighted by Gasteiger charge is -2.26. The zero-order valence-electron chi connectivity index (χ0n) is 18.3. The molecule has 0 aliphatic carbocycles. The minimum atomic E-state index is -0.262. The summed E-state index contributed by atoms with van der Waals surface area (Å²) < 4.78 is 17.3. The summed E-state index contributed by atoms with van der Waals surface area (Å²) in [4.78, 5) is 18.0. The fraction of sp³-hybridized carbons (Fsp3) is 0.185. The van der Waals surface area contributed by atoms with Crippen molar-refractivity contribution >= 4 is 16.8 Å². The van der Waals surface area contributed by atoms with Gasteiger partial charge in [0.2, 0.25) is 0 Å². The number of ether oxygens (including phenoxy) is 3. The fourth-order valence-electron chi connectivity index (χ4n) is 3.87. The lowest BCUT2D eigenvalue weighted by Crippen LogP contribution is -2.40. The number of aromatic nitrogens is 1. The molecule has 3 aromatic carbocycles. The van der Waals surface area contributed by atoms with Crippen molar-refractivity contribution < 1.29 is 19.0 Å². The number of hydrogen-bond acceptors (Lipinski definition) is 5. The fourth-order valence-corrected chi connectivity index (χ4v) is 3.87. The molecule has 1 aliphatic rings. The number of pyridine rings is 1. The molecule has 6 nitrogen and oxygen atoms in total. The predicted octanol–water partition coefficient (Wildman–Crippen LogP) is 4.87. The molecule has 0 spiro atoms. The standard InChI is InChI=1S/C27H24N2O4/c1-2-31-19-13-11-18(12-14-19)24-15-22(21-7-3-4-8-23(21)29-24)27(30)28-16-20-17-32-25-9-5-6-10-26(25)33-20/h3-15,20H,2,16-17H2,1H3,(H,28,30)/t20-/m0/s1. The van der Waals surface area contributed by atoms with Crippen LogP contribution in [0.3, 0.4) is 0 Å². The maximum absolute atomic E-state index is 13.2. The van der Waals surface area contributed by atoms with Gasteiger partial charge in [0, 0.05) is 10.9 Å². The van der Waals surface area contributed by atoms with Crippen molar-refractivity contribution in [1.29, 1.82) is 0 Å². The Bertz CT molecular complexity index is 1290. The largest absolute Gasteiger partial charge is 0.494 e. The second-order valence-electron chi connectivity index (χ2n) is 7.74. The van der Waals surface area contributed by atoms with E-state index in [0.717, 1.165) is 33.7 Å². The Labute approximate surface area is 192 Å². The number of nitrogens with one attached hydrogen (secondary N) is 1. The molecule has 0 fully saturated rings. The summed E-state index contributed by atoms with van der Waals surface area (Å²) in [6.45, 7) is 3.28. The highest BCUT2D eigenvalue weighted by molar-refractivity contribution is 6.07. The lowest BCUT2D eigenvalue weighted by atomic mass is 10.0. The summed E-state index contributed by atoms with van der Waals surface area (Å²) in [5.74, 6) is 2.04. The zero-order chi connectivity index (χ0) is 22.6.